The zero-order chi connectivity index (χ0) is 20.4. The van der Waals surface area contributed by atoms with Gasteiger partial charge in [-0.25, -0.2) is 0 Å². The molecular formula is C22H27ClN2O2S. The van der Waals surface area contributed by atoms with Gasteiger partial charge in [-0.15, -0.1) is 11.8 Å². The molecule has 6 heteroatoms. The van der Waals surface area contributed by atoms with Gasteiger partial charge in [0.15, 0.2) is 0 Å². The van der Waals surface area contributed by atoms with Crippen molar-refractivity contribution in [3.63, 3.8) is 0 Å². The zero-order valence-corrected chi connectivity index (χ0v) is 17.9. The molecule has 28 heavy (non-hydrogen) atoms. The molecule has 0 bridgehead atoms. The Morgan fingerprint density at radius 2 is 1.75 bits per heavy atom. The molecule has 1 atom stereocenters. The third-order valence-electron chi connectivity index (χ3n) is 4.40. The molecule has 2 aromatic rings. The minimum absolute atomic E-state index is 0.0333. The smallest absolute Gasteiger partial charge is 0.242 e. The summed E-state index contributed by atoms with van der Waals surface area (Å²) in [5.41, 5.74) is 1.15. The van der Waals surface area contributed by atoms with Crippen molar-refractivity contribution in [2.45, 2.75) is 37.6 Å². The van der Waals surface area contributed by atoms with Crippen LogP contribution in [-0.2, 0) is 16.0 Å². The molecule has 0 radical (unpaired) electrons. The molecular weight excluding hydrogens is 392 g/mol. The van der Waals surface area contributed by atoms with Crippen LogP contribution in [0.15, 0.2) is 59.5 Å². The van der Waals surface area contributed by atoms with E-state index in [4.69, 9.17) is 11.6 Å². The second-order valence-corrected chi connectivity index (χ2v) is 7.87. The van der Waals surface area contributed by atoms with Crippen LogP contribution in [-0.4, -0.2) is 41.6 Å². The van der Waals surface area contributed by atoms with E-state index in [9.17, 15) is 9.59 Å². The number of likely N-dealkylation sites (N-methyl/N-ethyl adjacent to an activating group) is 1. The Kier molecular flexibility index (Phi) is 9.38. The normalized spacial score (nSPS) is 11.7. The van der Waals surface area contributed by atoms with Crippen molar-refractivity contribution >= 4 is 35.2 Å². The van der Waals surface area contributed by atoms with Gasteiger partial charge in [-0.2, -0.15) is 0 Å². The molecule has 0 unspecified atom stereocenters. The summed E-state index contributed by atoms with van der Waals surface area (Å²) >= 11 is 7.38. The monoisotopic (exact) mass is 418 g/mol. The Morgan fingerprint density at radius 1 is 1.07 bits per heavy atom. The predicted octanol–water partition coefficient (Wildman–Crippen LogP) is 4.42. The summed E-state index contributed by atoms with van der Waals surface area (Å²) in [7, 11) is 0. The van der Waals surface area contributed by atoms with E-state index < -0.39 is 6.04 Å². The first kappa shape index (κ1) is 22.3. The van der Waals surface area contributed by atoms with Crippen LogP contribution in [0.4, 0.5) is 0 Å². The van der Waals surface area contributed by atoms with Gasteiger partial charge < -0.3 is 10.2 Å². The fraction of sp³-hybridized carbons (Fsp3) is 0.364. The van der Waals surface area contributed by atoms with Crippen LogP contribution in [0.2, 0.25) is 5.02 Å². The molecule has 0 saturated carbocycles. The summed E-state index contributed by atoms with van der Waals surface area (Å²) in [5, 5.41) is 3.52. The second-order valence-electron chi connectivity index (χ2n) is 6.38. The van der Waals surface area contributed by atoms with Crippen LogP contribution in [0.3, 0.4) is 0 Å². The SMILES string of the molecule is CCNC(=O)[C@H](CC)N(CCc1ccccc1)C(=O)CSc1ccc(Cl)cc1. The number of carbonyl (C=O) groups excluding carboxylic acids is 2. The van der Waals surface area contributed by atoms with Crippen LogP contribution < -0.4 is 5.32 Å². The largest absolute Gasteiger partial charge is 0.355 e. The van der Waals surface area contributed by atoms with Crippen molar-refractivity contribution in [3.05, 3.63) is 65.2 Å². The molecule has 2 rings (SSSR count). The number of carbonyl (C=O) groups is 2. The summed E-state index contributed by atoms with van der Waals surface area (Å²) in [4.78, 5) is 28.2. The van der Waals surface area contributed by atoms with E-state index in [0.717, 1.165) is 10.5 Å². The summed E-state index contributed by atoms with van der Waals surface area (Å²) in [6, 6.07) is 17.0. The third kappa shape index (κ3) is 6.88. The van der Waals surface area contributed by atoms with Gasteiger partial charge in [0.2, 0.25) is 11.8 Å². The van der Waals surface area contributed by atoms with Crippen LogP contribution >= 0.6 is 23.4 Å². The van der Waals surface area contributed by atoms with E-state index in [-0.39, 0.29) is 17.6 Å². The number of thioether (sulfide) groups is 1. The number of nitrogens with zero attached hydrogens (tertiary/aromatic N) is 1. The molecule has 4 nitrogen and oxygen atoms in total. The zero-order valence-electron chi connectivity index (χ0n) is 16.4. The lowest BCUT2D eigenvalue weighted by Gasteiger charge is -2.30. The van der Waals surface area contributed by atoms with Crippen molar-refractivity contribution in [3.8, 4) is 0 Å². The van der Waals surface area contributed by atoms with Gasteiger partial charge in [0.05, 0.1) is 5.75 Å². The van der Waals surface area contributed by atoms with E-state index in [1.165, 1.54) is 11.8 Å². The topological polar surface area (TPSA) is 49.4 Å². The highest BCUT2D eigenvalue weighted by Crippen LogP contribution is 2.21. The lowest BCUT2D eigenvalue weighted by molar-refractivity contribution is -0.138. The molecule has 150 valence electrons. The molecule has 1 N–H and O–H groups in total. The molecule has 0 heterocycles. The number of hydrogen-bond acceptors (Lipinski definition) is 3. The highest BCUT2D eigenvalue weighted by Gasteiger charge is 2.27. The predicted molar refractivity (Wildman–Crippen MR) is 117 cm³/mol. The molecule has 0 aromatic heterocycles. The van der Waals surface area contributed by atoms with Gasteiger partial charge >= 0.3 is 0 Å². The molecule has 0 fully saturated rings. The van der Waals surface area contributed by atoms with Crippen molar-refractivity contribution in [1.82, 2.24) is 10.2 Å². The molecule has 0 saturated heterocycles. The quantitative estimate of drug-likeness (QED) is 0.581. The lowest BCUT2D eigenvalue weighted by Crippen LogP contribution is -2.50. The third-order valence-corrected chi connectivity index (χ3v) is 5.65. The molecule has 2 amide bonds. The number of hydrogen-bond donors (Lipinski definition) is 1. The van der Waals surface area contributed by atoms with Gasteiger partial charge in [-0.05, 0) is 49.6 Å². The average Bonchev–Trinajstić information content (AvgIpc) is 2.71. The number of rotatable bonds is 10. The Hall–Kier alpha value is -1.98. The number of amides is 2. The summed E-state index contributed by atoms with van der Waals surface area (Å²) in [5.74, 6) is 0.156. The van der Waals surface area contributed by atoms with Crippen LogP contribution in [0.1, 0.15) is 25.8 Å². The number of nitrogens with one attached hydrogen (secondary N) is 1. The van der Waals surface area contributed by atoms with Gasteiger partial charge in [0.25, 0.3) is 0 Å². The molecule has 0 aliphatic carbocycles. The fourth-order valence-corrected chi connectivity index (χ4v) is 3.86. The first-order valence-corrected chi connectivity index (χ1v) is 10.9. The summed E-state index contributed by atoms with van der Waals surface area (Å²) < 4.78 is 0. The van der Waals surface area contributed by atoms with Crippen LogP contribution in [0.5, 0.6) is 0 Å². The van der Waals surface area contributed by atoms with Crippen molar-refractivity contribution in [2.75, 3.05) is 18.8 Å². The van der Waals surface area contributed by atoms with E-state index in [1.807, 2.05) is 68.4 Å². The molecule has 0 aliphatic rings. The Morgan fingerprint density at radius 3 is 2.36 bits per heavy atom. The first-order chi connectivity index (χ1) is 13.5. The van der Waals surface area contributed by atoms with Crippen molar-refractivity contribution in [1.29, 1.82) is 0 Å². The van der Waals surface area contributed by atoms with Gasteiger partial charge in [-0.1, -0.05) is 48.9 Å². The first-order valence-electron chi connectivity index (χ1n) is 9.54. The van der Waals surface area contributed by atoms with E-state index >= 15 is 0 Å². The maximum Gasteiger partial charge on any atom is 0.242 e. The van der Waals surface area contributed by atoms with E-state index in [1.54, 1.807) is 4.90 Å². The standard InChI is InChI=1S/C22H27ClN2O2S/c1-3-20(22(27)24-4-2)25(15-14-17-8-6-5-7-9-17)21(26)16-28-19-12-10-18(23)11-13-19/h5-13,20H,3-4,14-16H2,1-2H3,(H,24,27)/t20-/m0/s1. The highest BCUT2D eigenvalue weighted by molar-refractivity contribution is 8.00. The second kappa shape index (κ2) is 11.8. The minimum atomic E-state index is -0.456. The summed E-state index contributed by atoms with van der Waals surface area (Å²) in [6.07, 6.45) is 1.30. The molecule has 2 aromatic carbocycles. The Balaban J connectivity index is 2.09. The van der Waals surface area contributed by atoms with Crippen molar-refractivity contribution < 1.29 is 9.59 Å². The highest BCUT2D eigenvalue weighted by atomic mass is 35.5. The minimum Gasteiger partial charge on any atom is -0.355 e. The maximum absolute atomic E-state index is 13.0. The maximum atomic E-state index is 13.0. The van der Waals surface area contributed by atoms with Gasteiger partial charge in [0.1, 0.15) is 6.04 Å². The van der Waals surface area contributed by atoms with E-state index in [0.29, 0.717) is 31.0 Å². The Bertz CT molecular complexity index is 753. The van der Waals surface area contributed by atoms with Crippen LogP contribution in [0, 0.1) is 0 Å². The van der Waals surface area contributed by atoms with Gasteiger partial charge in [-0.3, -0.25) is 9.59 Å². The lowest BCUT2D eigenvalue weighted by atomic mass is 10.1. The average molecular weight is 419 g/mol. The molecule has 0 aliphatic heterocycles. The summed E-state index contributed by atoms with van der Waals surface area (Å²) in [6.45, 7) is 4.89. The van der Waals surface area contributed by atoms with Gasteiger partial charge in [0, 0.05) is 23.0 Å². The number of benzene rings is 2. The molecule has 0 spiro atoms. The van der Waals surface area contributed by atoms with Crippen molar-refractivity contribution in [2.24, 2.45) is 0 Å². The Labute approximate surface area is 176 Å². The van der Waals surface area contributed by atoms with E-state index in [2.05, 4.69) is 5.32 Å². The van der Waals surface area contributed by atoms with Crippen LogP contribution in [0.25, 0.3) is 0 Å². The fourth-order valence-electron chi connectivity index (χ4n) is 2.95. The number of halogens is 1.